The second kappa shape index (κ2) is 4.40. The molecule has 0 aromatic carbocycles. The first-order valence-electron chi connectivity index (χ1n) is 6.67. The lowest BCUT2D eigenvalue weighted by Crippen LogP contribution is -2.41. The largest absolute Gasteiger partial charge is 0.375 e. The number of likely N-dealkylation sites (tertiary alicyclic amines) is 2. The topological polar surface area (TPSA) is 6.48 Å². The average Bonchev–Trinajstić information content (AvgIpc) is 2.63. The first-order valence-corrected chi connectivity index (χ1v) is 6.67. The van der Waals surface area contributed by atoms with Gasteiger partial charge in [-0.15, -0.1) is 0 Å². The van der Waals surface area contributed by atoms with Crippen LogP contribution >= 0.6 is 0 Å². The molecule has 0 saturated carbocycles. The molecule has 2 fully saturated rings. The molecule has 2 heterocycles. The Morgan fingerprint density at radius 1 is 1.12 bits per heavy atom. The Morgan fingerprint density at radius 3 is 2.12 bits per heavy atom. The molecule has 16 heavy (non-hydrogen) atoms. The molecule has 2 saturated heterocycles. The van der Waals surface area contributed by atoms with Crippen molar-refractivity contribution >= 4 is 0 Å². The van der Waals surface area contributed by atoms with E-state index < -0.39 is 0 Å². The predicted molar refractivity (Wildman–Crippen MR) is 69.4 cm³/mol. The molecule has 2 nitrogen and oxygen atoms in total. The van der Waals surface area contributed by atoms with Crippen molar-refractivity contribution in [1.82, 2.24) is 9.80 Å². The summed E-state index contributed by atoms with van der Waals surface area (Å²) in [5.74, 6) is 0. The Morgan fingerprint density at radius 2 is 1.69 bits per heavy atom. The van der Waals surface area contributed by atoms with Crippen LogP contribution in [0.1, 0.15) is 40.0 Å². The summed E-state index contributed by atoms with van der Waals surface area (Å²) in [5, 5.41) is 0. The van der Waals surface area contributed by atoms with Gasteiger partial charge in [-0.05, 0) is 52.0 Å². The van der Waals surface area contributed by atoms with Crippen molar-refractivity contribution < 1.29 is 0 Å². The maximum Gasteiger partial charge on any atom is 0.0180 e. The molecule has 2 aliphatic heterocycles. The quantitative estimate of drug-likeness (QED) is 0.709. The monoisotopic (exact) mass is 222 g/mol. The first-order chi connectivity index (χ1) is 7.52. The van der Waals surface area contributed by atoms with Gasteiger partial charge in [-0.25, -0.2) is 0 Å². The summed E-state index contributed by atoms with van der Waals surface area (Å²) in [6, 6.07) is 0.721. The molecule has 0 unspecified atom stereocenters. The maximum atomic E-state index is 4.05. The minimum Gasteiger partial charge on any atom is -0.375 e. The van der Waals surface area contributed by atoms with Crippen molar-refractivity contribution in [2.24, 2.45) is 5.41 Å². The molecule has 0 aromatic rings. The third-order valence-corrected chi connectivity index (χ3v) is 4.56. The second-order valence-corrected chi connectivity index (χ2v) is 6.04. The Kier molecular flexibility index (Phi) is 3.29. The minimum atomic E-state index is 0.635. The van der Waals surface area contributed by atoms with Gasteiger partial charge in [0.05, 0.1) is 0 Å². The van der Waals surface area contributed by atoms with E-state index in [2.05, 4.69) is 37.1 Å². The summed E-state index contributed by atoms with van der Waals surface area (Å²) in [6.45, 7) is 15.9. The highest BCUT2D eigenvalue weighted by Gasteiger charge is 2.40. The van der Waals surface area contributed by atoms with Crippen molar-refractivity contribution in [3.05, 3.63) is 12.3 Å². The van der Waals surface area contributed by atoms with Crippen LogP contribution in [0.25, 0.3) is 0 Å². The van der Waals surface area contributed by atoms with E-state index in [0.717, 1.165) is 6.04 Å². The van der Waals surface area contributed by atoms with Gasteiger partial charge in [0.1, 0.15) is 0 Å². The Balaban J connectivity index is 1.91. The number of piperidine rings is 1. The average molecular weight is 222 g/mol. The maximum absolute atomic E-state index is 4.05. The normalized spacial score (nSPS) is 25.6. The van der Waals surface area contributed by atoms with Crippen molar-refractivity contribution in [2.45, 2.75) is 46.1 Å². The van der Waals surface area contributed by atoms with E-state index in [1.54, 1.807) is 0 Å². The molecule has 2 rings (SSSR count). The zero-order valence-corrected chi connectivity index (χ0v) is 11.1. The van der Waals surface area contributed by atoms with E-state index in [9.17, 15) is 0 Å². The predicted octanol–water partition coefficient (Wildman–Crippen LogP) is 2.72. The van der Waals surface area contributed by atoms with Crippen LogP contribution in [0.2, 0.25) is 0 Å². The van der Waals surface area contributed by atoms with Crippen LogP contribution < -0.4 is 0 Å². The highest BCUT2D eigenvalue weighted by atomic mass is 15.2. The summed E-state index contributed by atoms with van der Waals surface area (Å²) >= 11 is 0. The molecular weight excluding hydrogens is 196 g/mol. The standard InChI is InChI=1S/C14H26N2/c1-12(2)15-8-5-14(6-9-15)7-10-16(11-14)13(3)4/h13H,1,5-11H2,2-4H3. The lowest BCUT2D eigenvalue weighted by molar-refractivity contribution is 0.124. The van der Waals surface area contributed by atoms with Crippen molar-refractivity contribution in [2.75, 3.05) is 26.2 Å². The Bertz CT molecular complexity index is 262. The van der Waals surface area contributed by atoms with E-state index in [1.807, 2.05) is 0 Å². The van der Waals surface area contributed by atoms with Gasteiger partial charge < -0.3 is 9.80 Å². The van der Waals surface area contributed by atoms with Gasteiger partial charge in [0, 0.05) is 31.4 Å². The Labute approximate surface area is 100 Å². The summed E-state index contributed by atoms with van der Waals surface area (Å²) in [7, 11) is 0. The number of hydrogen-bond donors (Lipinski definition) is 0. The summed E-state index contributed by atoms with van der Waals surface area (Å²) < 4.78 is 0. The van der Waals surface area contributed by atoms with E-state index in [1.165, 1.54) is 51.1 Å². The van der Waals surface area contributed by atoms with E-state index in [4.69, 9.17) is 0 Å². The number of rotatable bonds is 2. The fraction of sp³-hybridized carbons (Fsp3) is 0.857. The molecule has 2 heteroatoms. The zero-order valence-electron chi connectivity index (χ0n) is 11.1. The third kappa shape index (κ3) is 2.27. The highest BCUT2D eigenvalue weighted by Crippen LogP contribution is 2.41. The van der Waals surface area contributed by atoms with E-state index >= 15 is 0 Å². The molecule has 0 N–H and O–H groups in total. The fourth-order valence-electron chi connectivity index (χ4n) is 3.18. The van der Waals surface area contributed by atoms with Gasteiger partial charge in [-0.2, -0.15) is 0 Å². The molecule has 2 aliphatic rings. The number of hydrogen-bond acceptors (Lipinski definition) is 2. The van der Waals surface area contributed by atoms with Crippen LogP contribution in [0.4, 0.5) is 0 Å². The van der Waals surface area contributed by atoms with Crippen LogP contribution in [0, 0.1) is 5.41 Å². The second-order valence-electron chi connectivity index (χ2n) is 6.04. The van der Waals surface area contributed by atoms with Crippen molar-refractivity contribution in [3.8, 4) is 0 Å². The van der Waals surface area contributed by atoms with E-state index in [-0.39, 0.29) is 0 Å². The van der Waals surface area contributed by atoms with E-state index in [0.29, 0.717) is 5.41 Å². The number of allylic oxidation sites excluding steroid dienone is 1. The van der Waals surface area contributed by atoms with Gasteiger partial charge in [0.25, 0.3) is 0 Å². The molecule has 1 spiro atoms. The lowest BCUT2D eigenvalue weighted by atomic mass is 9.77. The Hall–Kier alpha value is -0.500. The lowest BCUT2D eigenvalue weighted by Gasteiger charge is -2.40. The molecule has 0 atom stereocenters. The molecule has 0 aromatic heterocycles. The molecule has 92 valence electrons. The highest BCUT2D eigenvalue weighted by molar-refractivity contribution is 4.99. The van der Waals surface area contributed by atoms with Crippen LogP contribution in [0.15, 0.2) is 12.3 Å². The van der Waals surface area contributed by atoms with Crippen LogP contribution in [-0.2, 0) is 0 Å². The molecule has 0 amide bonds. The third-order valence-electron chi connectivity index (χ3n) is 4.56. The molecule has 0 aliphatic carbocycles. The molecule has 0 radical (unpaired) electrons. The van der Waals surface area contributed by atoms with Gasteiger partial charge in [-0.3, -0.25) is 0 Å². The first kappa shape index (κ1) is 12.0. The van der Waals surface area contributed by atoms with Crippen LogP contribution in [0.3, 0.4) is 0 Å². The molecular formula is C14H26N2. The van der Waals surface area contributed by atoms with Gasteiger partial charge >= 0.3 is 0 Å². The smallest absolute Gasteiger partial charge is 0.0180 e. The number of nitrogens with zero attached hydrogens (tertiary/aromatic N) is 2. The van der Waals surface area contributed by atoms with Crippen molar-refractivity contribution in [3.63, 3.8) is 0 Å². The van der Waals surface area contributed by atoms with Gasteiger partial charge in [-0.1, -0.05) is 6.58 Å². The summed E-state index contributed by atoms with van der Waals surface area (Å²) in [6.07, 6.45) is 4.14. The molecule has 0 bridgehead atoms. The summed E-state index contributed by atoms with van der Waals surface area (Å²) in [5.41, 5.74) is 1.88. The van der Waals surface area contributed by atoms with Crippen LogP contribution in [0.5, 0.6) is 0 Å². The van der Waals surface area contributed by atoms with Gasteiger partial charge in [0.15, 0.2) is 0 Å². The fourth-order valence-corrected chi connectivity index (χ4v) is 3.18. The minimum absolute atomic E-state index is 0.635. The SMILES string of the molecule is C=C(C)N1CCC2(CC1)CCN(C(C)C)C2. The van der Waals surface area contributed by atoms with Crippen molar-refractivity contribution in [1.29, 1.82) is 0 Å². The zero-order chi connectivity index (χ0) is 11.8. The van der Waals surface area contributed by atoms with Crippen LogP contribution in [-0.4, -0.2) is 42.0 Å². The van der Waals surface area contributed by atoms with Gasteiger partial charge in [0.2, 0.25) is 0 Å². The summed E-state index contributed by atoms with van der Waals surface area (Å²) in [4.78, 5) is 5.10.